The minimum Gasteiger partial charge on any atom is -0.481 e. The number of carbonyl (C=O) groups is 1. The van der Waals surface area contributed by atoms with Crippen molar-refractivity contribution in [3.8, 4) is 11.5 Å². The fraction of sp³-hybridized carbons (Fsp3) is 0.150. The number of carboxylic acids is 1. The van der Waals surface area contributed by atoms with Crippen LogP contribution in [0.2, 0.25) is 0 Å². The first kappa shape index (κ1) is 23.6. The van der Waals surface area contributed by atoms with Gasteiger partial charge in [0.05, 0.1) is 22.8 Å². The first-order chi connectivity index (χ1) is 16.4. The van der Waals surface area contributed by atoms with Crippen molar-refractivity contribution in [3.05, 3.63) is 58.1 Å². The number of ether oxygens (including phenoxy) is 2. The van der Waals surface area contributed by atoms with Crippen molar-refractivity contribution in [1.82, 2.24) is 15.0 Å². The van der Waals surface area contributed by atoms with Crippen LogP contribution in [0.4, 0.5) is 29.2 Å². The molecule has 3 aromatic rings. The molecule has 1 aliphatic heterocycles. The van der Waals surface area contributed by atoms with Crippen LogP contribution in [0.1, 0.15) is 12.5 Å². The molecule has 14 nitrogen and oxygen atoms in total. The van der Waals surface area contributed by atoms with E-state index in [-0.39, 0.29) is 24.0 Å². The maximum absolute atomic E-state index is 11.3. The van der Waals surface area contributed by atoms with E-state index in [1.165, 1.54) is 18.3 Å². The van der Waals surface area contributed by atoms with Crippen LogP contribution in [0, 0.1) is 10.1 Å². The number of anilines is 4. The smallest absolute Gasteiger partial charge is 0.300 e. The van der Waals surface area contributed by atoms with Crippen molar-refractivity contribution in [3.63, 3.8) is 0 Å². The van der Waals surface area contributed by atoms with Gasteiger partial charge in [-0.2, -0.15) is 20.1 Å². The Morgan fingerprint density at radius 1 is 1.12 bits per heavy atom. The summed E-state index contributed by atoms with van der Waals surface area (Å²) < 4.78 is 10.4. The maximum atomic E-state index is 11.3. The molecule has 4 N–H and O–H groups in total. The topological polar surface area (TPSA) is 186 Å². The molecule has 1 aliphatic rings. The van der Waals surface area contributed by atoms with Crippen molar-refractivity contribution >= 4 is 41.4 Å². The van der Waals surface area contributed by atoms with Crippen LogP contribution >= 0.6 is 0 Å². The highest BCUT2D eigenvalue weighted by molar-refractivity contribution is 5.87. The molecular formula is C20H20N8O6. The highest BCUT2D eigenvalue weighted by Gasteiger charge is 2.22. The number of carboxylic acid groups (broad SMARTS) is 1. The lowest BCUT2D eigenvalue weighted by molar-refractivity contribution is -0.385. The second-order valence-corrected chi connectivity index (χ2v) is 6.46. The van der Waals surface area contributed by atoms with E-state index in [1.807, 2.05) is 30.3 Å². The second-order valence-electron chi connectivity index (χ2n) is 6.46. The molecular weight excluding hydrogens is 448 g/mol. The summed E-state index contributed by atoms with van der Waals surface area (Å²) in [7, 11) is 1.67. The Hall–Kier alpha value is -5.01. The van der Waals surface area contributed by atoms with Crippen LogP contribution < -0.4 is 25.5 Å². The van der Waals surface area contributed by atoms with Crippen LogP contribution in [0.15, 0.2) is 47.6 Å². The molecule has 176 valence electrons. The van der Waals surface area contributed by atoms with Gasteiger partial charge in [-0.1, -0.05) is 18.2 Å². The third kappa shape index (κ3) is 6.49. The number of nitro groups is 1. The molecule has 34 heavy (non-hydrogen) atoms. The molecule has 2 heterocycles. The van der Waals surface area contributed by atoms with Gasteiger partial charge in [0.15, 0.2) is 11.5 Å². The van der Waals surface area contributed by atoms with Crippen LogP contribution in [0.25, 0.3) is 0 Å². The first-order valence-corrected chi connectivity index (χ1v) is 9.68. The van der Waals surface area contributed by atoms with Crippen LogP contribution in [0.5, 0.6) is 11.5 Å². The van der Waals surface area contributed by atoms with Crippen molar-refractivity contribution in [2.45, 2.75) is 6.92 Å². The van der Waals surface area contributed by atoms with Gasteiger partial charge in [0.1, 0.15) is 0 Å². The molecule has 0 fully saturated rings. The number of hydrazone groups is 1. The highest BCUT2D eigenvalue weighted by atomic mass is 16.7. The summed E-state index contributed by atoms with van der Waals surface area (Å²) in [5.41, 5.74) is 3.54. The number of hydrogen-bond acceptors (Lipinski definition) is 12. The fourth-order valence-electron chi connectivity index (χ4n) is 2.61. The van der Waals surface area contributed by atoms with Gasteiger partial charge in [0.25, 0.3) is 11.7 Å². The summed E-state index contributed by atoms with van der Waals surface area (Å²) >= 11 is 0. The Morgan fingerprint density at radius 2 is 1.74 bits per heavy atom. The Kier molecular flexibility index (Phi) is 7.67. The molecule has 0 radical (unpaired) electrons. The number of aliphatic carboxylic acids is 1. The fourth-order valence-corrected chi connectivity index (χ4v) is 2.61. The average Bonchev–Trinajstić information content (AvgIpc) is 3.26. The monoisotopic (exact) mass is 468 g/mol. The minimum absolute atomic E-state index is 0.0141. The Morgan fingerprint density at radius 3 is 2.38 bits per heavy atom. The van der Waals surface area contributed by atoms with Gasteiger partial charge < -0.3 is 25.2 Å². The van der Waals surface area contributed by atoms with Gasteiger partial charge in [0, 0.05) is 19.7 Å². The zero-order chi connectivity index (χ0) is 24.5. The van der Waals surface area contributed by atoms with Crippen molar-refractivity contribution < 1.29 is 24.3 Å². The predicted molar refractivity (Wildman–Crippen MR) is 123 cm³/mol. The predicted octanol–water partition coefficient (Wildman–Crippen LogP) is 2.83. The summed E-state index contributed by atoms with van der Waals surface area (Å²) in [4.78, 5) is 32.5. The normalized spacial score (nSPS) is 11.4. The largest absolute Gasteiger partial charge is 0.481 e. The highest BCUT2D eigenvalue weighted by Crippen LogP contribution is 2.37. The molecule has 0 aliphatic carbocycles. The maximum Gasteiger partial charge on any atom is 0.300 e. The van der Waals surface area contributed by atoms with Gasteiger partial charge >= 0.3 is 0 Å². The molecule has 0 saturated carbocycles. The van der Waals surface area contributed by atoms with Gasteiger partial charge in [-0.05, 0) is 18.2 Å². The Bertz CT molecular complexity index is 1200. The number of fused-ring (bicyclic) bond motifs is 1. The quantitative estimate of drug-likeness (QED) is 0.226. The van der Waals surface area contributed by atoms with Crippen LogP contribution in [0.3, 0.4) is 0 Å². The minimum atomic E-state index is -0.833. The van der Waals surface area contributed by atoms with Gasteiger partial charge in [-0.3, -0.25) is 14.9 Å². The third-order valence-electron chi connectivity index (χ3n) is 3.98. The van der Waals surface area contributed by atoms with E-state index in [0.29, 0.717) is 23.4 Å². The van der Waals surface area contributed by atoms with E-state index in [1.54, 1.807) is 7.05 Å². The second kappa shape index (κ2) is 11.0. The van der Waals surface area contributed by atoms with Crippen LogP contribution in [-0.4, -0.2) is 51.0 Å². The number of nitrogens with one attached hydrogen (secondary N) is 3. The number of hydrogen-bond donors (Lipinski definition) is 4. The lowest BCUT2D eigenvalue weighted by atomic mass is 10.1. The number of para-hydroxylation sites is 1. The van der Waals surface area contributed by atoms with E-state index in [9.17, 15) is 10.1 Å². The number of rotatable bonds is 7. The standard InChI is InChI=1S/C18H16N8O4.C2H4O2/c1-19-16-22-17(21-12-5-3-2-4-6-12)24-18(23-16)25-20-9-11-7-14-15(30-10-29-14)8-13(11)26(27)28;1-2(3)4/h2-9H,10H2,1H3,(H3,19,21,22,23,24,25);1H3,(H,3,4). The summed E-state index contributed by atoms with van der Waals surface area (Å²) in [5, 5.41) is 28.7. The molecule has 0 spiro atoms. The summed E-state index contributed by atoms with van der Waals surface area (Å²) in [6.45, 7) is 1.10. The van der Waals surface area contributed by atoms with Crippen LogP contribution in [-0.2, 0) is 4.79 Å². The lowest BCUT2D eigenvalue weighted by Gasteiger charge is -2.08. The van der Waals surface area contributed by atoms with Crippen molar-refractivity contribution in [2.75, 3.05) is 29.9 Å². The van der Waals surface area contributed by atoms with E-state index in [0.717, 1.165) is 12.6 Å². The van der Waals surface area contributed by atoms with E-state index in [2.05, 4.69) is 36.1 Å². The lowest BCUT2D eigenvalue weighted by Crippen LogP contribution is -2.07. The Balaban J connectivity index is 0.000000751. The number of aromatic nitrogens is 3. The molecule has 0 bridgehead atoms. The molecule has 0 saturated heterocycles. The van der Waals surface area contributed by atoms with Crippen molar-refractivity contribution in [2.24, 2.45) is 5.10 Å². The average molecular weight is 468 g/mol. The summed E-state index contributed by atoms with van der Waals surface area (Å²) in [5.74, 6) is 0.656. The van der Waals surface area contributed by atoms with Crippen molar-refractivity contribution in [1.29, 1.82) is 0 Å². The zero-order valence-corrected chi connectivity index (χ0v) is 18.1. The van der Waals surface area contributed by atoms with Gasteiger partial charge in [-0.15, -0.1) is 0 Å². The number of nitro benzene ring substituents is 1. The van der Waals surface area contributed by atoms with Gasteiger partial charge in [-0.25, -0.2) is 5.43 Å². The first-order valence-electron chi connectivity index (χ1n) is 9.68. The van der Waals surface area contributed by atoms with E-state index < -0.39 is 10.9 Å². The molecule has 0 atom stereocenters. The molecule has 1 aromatic heterocycles. The molecule has 0 amide bonds. The molecule has 14 heteroatoms. The summed E-state index contributed by atoms with van der Waals surface area (Å²) in [6.07, 6.45) is 1.28. The van der Waals surface area contributed by atoms with E-state index >= 15 is 0 Å². The molecule has 4 rings (SSSR count). The third-order valence-corrected chi connectivity index (χ3v) is 3.98. The number of benzene rings is 2. The van der Waals surface area contributed by atoms with Gasteiger partial charge in [0.2, 0.25) is 24.6 Å². The zero-order valence-electron chi connectivity index (χ0n) is 18.1. The SMILES string of the molecule is CC(=O)O.CNc1nc(NN=Cc2cc3c(cc2[N+](=O)[O-])OCO3)nc(Nc2ccccc2)n1. The summed E-state index contributed by atoms with van der Waals surface area (Å²) in [6, 6.07) is 12.2. The number of nitrogens with zero attached hydrogens (tertiary/aromatic N) is 5. The molecule has 0 unspecified atom stereocenters. The Labute approximate surface area is 192 Å². The van der Waals surface area contributed by atoms with E-state index in [4.69, 9.17) is 19.4 Å². The molecule has 2 aromatic carbocycles.